The van der Waals surface area contributed by atoms with Gasteiger partial charge in [0.05, 0.1) is 0 Å². The first-order chi connectivity index (χ1) is 4.91. The van der Waals surface area contributed by atoms with E-state index in [1.807, 2.05) is 43.3 Å². The lowest BCUT2D eigenvalue weighted by Crippen LogP contribution is -1.55. The van der Waals surface area contributed by atoms with Crippen LogP contribution in [0.15, 0.2) is 36.4 Å². The van der Waals surface area contributed by atoms with E-state index in [-0.39, 0.29) is 0 Å². The van der Waals surface area contributed by atoms with Crippen LogP contribution in [0.25, 0.3) is 0 Å². The Morgan fingerprint density at radius 1 is 0.900 bits per heavy atom. The Kier molecular flexibility index (Phi) is 8.09. The average molecular weight is 157 g/mol. The topological polar surface area (TPSA) is 0 Å². The maximum absolute atomic E-state index is 5.19. The minimum atomic E-state index is 0.792. The van der Waals surface area contributed by atoms with Crippen molar-refractivity contribution in [3.8, 4) is 0 Å². The van der Waals surface area contributed by atoms with Crippen LogP contribution in [-0.4, -0.2) is 5.88 Å². The molecule has 0 bridgehead atoms. The van der Waals surface area contributed by atoms with Crippen molar-refractivity contribution in [3.05, 3.63) is 36.4 Å². The van der Waals surface area contributed by atoms with Gasteiger partial charge in [0.25, 0.3) is 0 Å². The van der Waals surface area contributed by atoms with E-state index in [1.165, 1.54) is 0 Å². The van der Waals surface area contributed by atoms with Crippen molar-refractivity contribution >= 4 is 11.6 Å². The standard InChI is InChI=1S/C6H6.C3H7Cl/c1-2-4-6-5-3-1;1-2-3-4/h1-6H;2-3H2,1H3. The third-order valence-corrected chi connectivity index (χ3v) is 1.23. The summed E-state index contributed by atoms with van der Waals surface area (Å²) in [6.45, 7) is 2.05. The van der Waals surface area contributed by atoms with E-state index < -0.39 is 0 Å². The molecule has 0 aromatic heterocycles. The Morgan fingerprint density at radius 3 is 1.20 bits per heavy atom. The second kappa shape index (κ2) is 8.51. The maximum atomic E-state index is 5.19. The van der Waals surface area contributed by atoms with Crippen LogP contribution in [0.3, 0.4) is 0 Å². The van der Waals surface area contributed by atoms with Crippen molar-refractivity contribution in [2.75, 3.05) is 5.88 Å². The van der Waals surface area contributed by atoms with Crippen LogP contribution >= 0.6 is 11.6 Å². The van der Waals surface area contributed by atoms with Crippen molar-refractivity contribution in [1.82, 2.24) is 0 Å². The van der Waals surface area contributed by atoms with E-state index in [4.69, 9.17) is 11.6 Å². The van der Waals surface area contributed by atoms with Crippen LogP contribution in [0.2, 0.25) is 0 Å². The molecule has 0 atom stereocenters. The molecule has 0 aliphatic rings. The largest absolute Gasteiger partial charge is 0.127 e. The van der Waals surface area contributed by atoms with Crippen LogP contribution in [0.5, 0.6) is 0 Å². The van der Waals surface area contributed by atoms with Crippen LogP contribution in [0.1, 0.15) is 13.3 Å². The van der Waals surface area contributed by atoms with Gasteiger partial charge in [0.15, 0.2) is 0 Å². The van der Waals surface area contributed by atoms with E-state index >= 15 is 0 Å². The van der Waals surface area contributed by atoms with Crippen molar-refractivity contribution in [1.29, 1.82) is 0 Å². The average Bonchev–Trinajstić information content (AvgIpc) is 2.08. The number of halogens is 1. The molecule has 0 heterocycles. The third-order valence-electron chi connectivity index (χ3n) is 0.856. The van der Waals surface area contributed by atoms with Gasteiger partial charge in [0.1, 0.15) is 0 Å². The van der Waals surface area contributed by atoms with Crippen LogP contribution < -0.4 is 0 Å². The molecule has 0 aliphatic carbocycles. The summed E-state index contributed by atoms with van der Waals surface area (Å²) in [6, 6.07) is 12.0. The summed E-state index contributed by atoms with van der Waals surface area (Å²) >= 11 is 5.19. The highest BCUT2D eigenvalue weighted by Crippen LogP contribution is 1.79. The van der Waals surface area contributed by atoms with E-state index in [0.29, 0.717) is 0 Å². The van der Waals surface area contributed by atoms with Gasteiger partial charge in [-0.25, -0.2) is 0 Å². The molecule has 0 saturated carbocycles. The fraction of sp³-hybridized carbons (Fsp3) is 0.333. The third kappa shape index (κ3) is 7.51. The van der Waals surface area contributed by atoms with Gasteiger partial charge in [0.2, 0.25) is 0 Å². The maximum Gasteiger partial charge on any atom is 0.0220 e. The number of hydrogen-bond donors (Lipinski definition) is 0. The Hall–Kier alpha value is -0.490. The number of benzene rings is 1. The molecule has 0 aliphatic heterocycles. The molecule has 0 radical (unpaired) electrons. The lowest BCUT2D eigenvalue weighted by Gasteiger charge is -1.69. The highest BCUT2D eigenvalue weighted by Gasteiger charge is 1.59. The summed E-state index contributed by atoms with van der Waals surface area (Å²) in [6.07, 6.45) is 1.08. The number of hydrogen-bond acceptors (Lipinski definition) is 0. The molecule has 1 rings (SSSR count). The monoisotopic (exact) mass is 156 g/mol. The summed E-state index contributed by atoms with van der Waals surface area (Å²) in [5, 5.41) is 0. The Labute approximate surface area is 67.8 Å². The van der Waals surface area contributed by atoms with Crippen molar-refractivity contribution in [3.63, 3.8) is 0 Å². The van der Waals surface area contributed by atoms with Crippen molar-refractivity contribution in [2.24, 2.45) is 0 Å². The molecule has 10 heavy (non-hydrogen) atoms. The molecule has 0 amide bonds. The van der Waals surface area contributed by atoms with Gasteiger partial charge in [-0.15, -0.1) is 11.6 Å². The first-order valence-electron chi connectivity index (χ1n) is 3.47. The minimum absolute atomic E-state index is 0.792. The fourth-order valence-electron chi connectivity index (χ4n) is 0.385. The van der Waals surface area contributed by atoms with Gasteiger partial charge in [-0.05, 0) is 6.42 Å². The number of alkyl halides is 1. The molecular formula is C9H13Cl. The van der Waals surface area contributed by atoms with Gasteiger partial charge in [-0.1, -0.05) is 43.3 Å². The van der Waals surface area contributed by atoms with Gasteiger partial charge >= 0.3 is 0 Å². The first kappa shape index (κ1) is 9.51. The molecule has 0 N–H and O–H groups in total. The second-order valence-corrected chi connectivity index (χ2v) is 2.22. The minimum Gasteiger partial charge on any atom is -0.127 e. The second-order valence-electron chi connectivity index (χ2n) is 1.84. The summed E-state index contributed by atoms with van der Waals surface area (Å²) in [5.41, 5.74) is 0. The highest BCUT2D eigenvalue weighted by molar-refractivity contribution is 6.17. The quantitative estimate of drug-likeness (QED) is 0.548. The summed E-state index contributed by atoms with van der Waals surface area (Å²) in [7, 11) is 0. The highest BCUT2D eigenvalue weighted by atomic mass is 35.5. The predicted octanol–water partition coefficient (Wildman–Crippen LogP) is 3.32. The zero-order valence-electron chi connectivity index (χ0n) is 6.26. The lowest BCUT2D eigenvalue weighted by molar-refractivity contribution is 1.10. The molecule has 0 spiro atoms. The van der Waals surface area contributed by atoms with E-state index in [1.54, 1.807) is 0 Å². The smallest absolute Gasteiger partial charge is 0.0220 e. The SMILES string of the molecule is CCCCl.c1ccccc1. The molecule has 1 aromatic rings. The summed E-state index contributed by atoms with van der Waals surface area (Å²) in [4.78, 5) is 0. The van der Waals surface area contributed by atoms with Gasteiger partial charge in [0, 0.05) is 5.88 Å². The zero-order valence-corrected chi connectivity index (χ0v) is 7.01. The van der Waals surface area contributed by atoms with E-state index in [2.05, 4.69) is 0 Å². The molecule has 0 unspecified atom stereocenters. The normalized spacial score (nSPS) is 7.80. The van der Waals surface area contributed by atoms with Crippen LogP contribution in [0.4, 0.5) is 0 Å². The fourth-order valence-corrected chi connectivity index (χ4v) is 0.385. The summed E-state index contributed by atoms with van der Waals surface area (Å²) < 4.78 is 0. The van der Waals surface area contributed by atoms with E-state index in [9.17, 15) is 0 Å². The lowest BCUT2D eigenvalue weighted by atomic mass is 10.4. The molecule has 1 heteroatoms. The van der Waals surface area contributed by atoms with Gasteiger partial charge in [-0.3, -0.25) is 0 Å². The zero-order chi connectivity index (χ0) is 7.66. The first-order valence-corrected chi connectivity index (χ1v) is 4.01. The summed E-state index contributed by atoms with van der Waals surface area (Å²) in [5.74, 6) is 0.792. The molecular weight excluding hydrogens is 144 g/mol. The Morgan fingerprint density at radius 2 is 1.10 bits per heavy atom. The van der Waals surface area contributed by atoms with Crippen LogP contribution in [0, 0.1) is 0 Å². The molecule has 1 aromatic carbocycles. The molecule has 0 saturated heterocycles. The number of rotatable bonds is 1. The Balaban J connectivity index is 0.000000180. The molecule has 56 valence electrons. The van der Waals surface area contributed by atoms with Gasteiger partial charge < -0.3 is 0 Å². The van der Waals surface area contributed by atoms with Crippen molar-refractivity contribution in [2.45, 2.75) is 13.3 Å². The van der Waals surface area contributed by atoms with E-state index in [0.717, 1.165) is 12.3 Å². The molecule has 0 nitrogen and oxygen atoms in total. The molecule has 0 fully saturated rings. The predicted molar refractivity (Wildman–Crippen MR) is 47.5 cm³/mol. The Bertz CT molecular complexity index is 96.7. The van der Waals surface area contributed by atoms with Gasteiger partial charge in [-0.2, -0.15) is 0 Å². The van der Waals surface area contributed by atoms with Crippen LogP contribution in [-0.2, 0) is 0 Å². The van der Waals surface area contributed by atoms with Crippen molar-refractivity contribution < 1.29 is 0 Å².